The van der Waals surface area contributed by atoms with Crippen LogP contribution in [0.15, 0.2) is 4.36 Å². The van der Waals surface area contributed by atoms with Crippen molar-refractivity contribution in [2.24, 2.45) is 4.36 Å². The van der Waals surface area contributed by atoms with Crippen LogP contribution in [0.4, 0.5) is 0 Å². The van der Waals surface area contributed by atoms with Gasteiger partial charge in [0.25, 0.3) is 0 Å². The first-order valence-corrected chi connectivity index (χ1v) is 2.31. The van der Waals surface area contributed by atoms with E-state index in [1.807, 2.05) is 0 Å². The first-order valence-electron chi connectivity index (χ1n) is 1.54. The number of thiol groups is 1. The normalized spacial score (nSPS) is 33.2. The molecule has 1 rings (SSSR count). The molecule has 0 saturated heterocycles. The van der Waals surface area contributed by atoms with Crippen LogP contribution in [0.1, 0.15) is 0 Å². The minimum Gasteiger partial charge on any atom is -0.222 e. The summed E-state index contributed by atoms with van der Waals surface area (Å²) in [5.41, 5.74) is 2.53. The smallest absolute Gasteiger partial charge is 0.132 e. The second kappa shape index (κ2) is 1.68. The predicted molar refractivity (Wildman–Crippen MR) is 24.6 cm³/mol. The second-order valence-electron chi connectivity index (χ2n) is 0.922. The summed E-state index contributed by atoms with van der Waals surface area (Å²) in [6, 6.07) is 0. The Morgan fingerprint density at radius 3 is 3.00 bits per heavy atom. The van der Waals surface area contributed by atoms with E-state index in [1.54, 1.807) is 0 Å². The molecule has 1 N–H and O–H groups in total. The molecule has 1 atom stereocenters. The third-order valence-corrected chi connectivity index (χ3v) is 0.976. The molecule has 1 unspecified atom stereocenters. The molecule has 6 heavy (non-hydrogen) atoms. The fourth-order valence-electron chi connectivity index (χ4n) is 0.188. The van der Waals surface area contributed by atoms with Gasteiger partial charge in [-0.2, -0.15) is 5.48 Å². The van der Waals surface area contributed by atoms with E-state index >= 15 is 0 Å². The van der Waals surface area contributed by atoms with Crippen molar-refractivity contribution in [2.75, 3.05) is 0 Å². The molecule has 1 aliphatic rings. The van der Waals surface area contributed by atoms with Crippen molar-refractivity contribution in [1.82, 2.24) is 5.48 Å². The number of rotatable bonds is 0. The minimum atomic E-state index is -0.0633. The number of hydroxylamine groups is 1. The Bertz CT molecular complexity index is 73.9. The quantitative estimate of drug-likeness (QED) is 0.411. The van der Waals surface area contributed by atoms with Crippen molar-refractivity contribution in [1.29, 1.82) is 0 Å². The first kappa shape index (κ1) is 4.23. The maximum atomic E-state index is 4.55. The van der Waals surface area contributed by atoms with E-state index in [1.165, 1.54) is 0 Å². The van der Waals surface area contributed by atoms with Crippen LogP contribution in [0.25, 0.3) is 0 Å². The highest BCUT2D eigenvalue weighted by Crippen LogP contribution is 1.88. The monoisotopic (exact) mass is 105 g/mol. The highest BCUT2D eigenvalue weighted by Gasteiger charge is 1.99. The van der Waals surface area contributed by atoms with Crippen molar-refractivity contribution in [3.8, 4) is 0 Å². The number of hydrogen-bond acceptors (Lipinski definition) is 3. The van der Waals surface area contributed by atoms with E-state index in [-0.39, 0.29) is 6.17 Å². The number of nitrogens with one attached hydrogen (secondary N) is 1. The summed E-state index contributed by atoms with van der Waals surface area (Å²) in [5.74, 6) is 0. The summed E-state index contributed by atoms with van der Waals surface area (Å²) in [7, 11) is 0. The molecule has 0 aromatic rings. The second-order valence-corrected chi connectivity index (χ2v) is 1.50. The van der Waals surface area contributed by atoms with Gasteiger partial charge in [-0.05, 0) is 6.92 Å². The van der Waals surface area contributed by atoms with Gasteiger partial charge in [-0.3, -0.25) is 0 Å². The zero-order valence-electron chi connectivity index (χ0n) is 3.09. The van der Waals surface area contributed by atoms with Gasteiger partial charge in [-0.25, -0.2) is 8.65 Å². The van der Waals surface area contributed by atoms with Gasteiger partial charge in [0.2, 0.25) is 0 Å². The average molecular weight is 105 g/mol. The van der Waals surface area contributed by atoms with Gasteiger partial charge >= 0.3 is 0 Å². The lowest BCUT2D eigenvalue weighted by atomic mass is 10.7. The molecule has 1 radical (unpaired) electrons. The van der Waals surface area contributed by atoms with Crippen molar-refractivity contribution >= 4 is 11.8 Å². The molecule has 0 aliphatic carbocycles. The van der Waals surface area contributed by atoms with Crippen LogP contribution >= 0.6 is 0 Å². The van der Waals surface area contributed by atoms with Crippen molar-refractivity contribution in [3.05, 3.63) is 6.92 Å². The van der Waals surface area contributed by atoms with Crippen LogP contribution in [-0.4, -0.2) is 6.17 Å². The van der Waals surface area contributed by atoms with Crippen LogP contribution in [0.2, 0.25) is 0 Å². The Morgan fingerprint density at radius 1 is 2.00 bits per heavy atom. The van der Waals surface area contributed by atoms with E-state index in [4.69, 9.17) is 0 Å². The van der Waals surface area contributed by atoms with Gasteiger partial charge in [0.05, 0.1) is 0 Å². The summed E-state index contributed by atoms with van der Waals surface area (Å²) in [5, 5.41) is 0. The topological polar surface area (TPSA) is 33.6 Å². The lowest BCUT2D eigenvalue weighted by molar-refractivity contribution is 0.237. The van der Waals surface area contributed by atoms with Gasteiger partial charge in [0, 0.05) is 11.8 Å². The molecule has 0 spiro atoms. The van der Waals surface area contributed by atoms with Crippen LogP contribution < -0.4 is 5.48 Å². The fourth-order valence-corrected chi connectivity index (χ4v) is 0.565. The standard InChI is InChI=1S/C2H5N2OS/c1-2-3-5-6-4-2/h2-3,6H,1H2. The lowest BCUT2D eigenvalue weighted by Crippen LogP contribution is -2.15. The molecule has 35 valence electrons. The van der Waals surface area contributed by atoms with E-state index in [2.05, 4.69) is 21.1 Å². The van der Waals surface area contributed by atoms with Gasteiger partial charge < -0.3 is 0 Å². The zero-order valence-corrected chi connectivity index (χ0v) is 3.98. The summed E-state index contributed by atoms with van der Waals surface area (Å²) < 4.78 is 8.31. The molecule has 4 heteroatoms. The summed E-state index contributed by atoms with van der Waals surface area (Å²) in [6.45, 7) is 3.53. The fraction of sp³-hybridized carbons (Fsp3) is 0.500. The highest BCUT2D eigenvalue weighted by atomic mass is 32.2. The van der Waals surface area contributed by atoms with E-state index in [0.29, 0.717) is 11.8 Å². The summed E-state index contributed by atoms with van der Waals surface area (Å²) in [6.07, 6.45) is -0.0633. The molecule has 0 aromatic heterocycles. The summed E-state index contributed by atoms with van der Waals surface area (Å²) in [4.78, 5) is 0. The van der Waals surface area contributed by atoms with Crippen LogP contribution in [0.3, 0.4) is 0 Å². The van der Waals surface area contributed by atoms with Crippen molar-refractivity contribution in [3.63, 3.8) is 0 Å². The average Bonchev–Trinajstić information content (AvgIpc) is 1.86. The zero-order chi connectivity index (χ0) is 4.41. The van der Waals surface area contributed by atoms with E-state index in [0.717, 1.165) is 0 Å². The molecule has 0 aromatic carbocycles. The minimum absolute atomic E-state index is 0.0633. The lowest BCUT2D eigenvalue weighted by Gasteiger charge is -1.89. The van der Waals surface area contributed by atoms with Crippen molar-refractivity contribution < 1.29 is 4.28 Å². The van der Waals surface area contributed by atoms with Gasteiger partial charge in [-0.1, -0.05) is 0 Å². The first-order chi connectivity index (χ1) is 2.89. The van der Waals surface area contributed by atoms with Gasteiger partial charge in [0.1, 0.15) is 6.17 Å². The van der Waals surface area contributed by atoms with Gasteiger partial charge in [0.15, 0.2) is 0 Å². The molecule has 0 fully saturated rings. The SMILES string of the molecule is [CH2]C1N=[SH]ON1. The molecule has 0 bridgehead atoms. The number of hydrogen-bond donors (Lipinski definition) is 2. The molecular formula is C2H5N2OS. The largest absolute Gasteiger partial charge is 0.222 e. The van der Waals surface area contributed by atoms with E-state index < -0.39 is 0 Å². The molecule has 1 aliphatic heterocycles. The number of nitrogens with zero attached hydrogens (tertiary/aromatic N) is 1. The molecule has 0 amide bonds. The Kier molecular flexibility index (Phi) is 1.19. The predicted octanol–water partition coefficient (Wildman–Crippen LogP) is -0.405. The molecule has 3 nitrogen and oxygen atoms in total. The Balaban J connectivity index is 2.38. The van der Waals surface area contributed by atoms with E-state index in [9.17, 15) is 0 Å². The van der Waals surface area contributed by atoms with Gasteiger partial charge in [-0.15, -0.1) is 0 Å². The Morgan fingerprint density at radius 2 is 2.83 bits per heavy atom. The van der Waals surface area contributed by atoms with Crippen LogP contribution in [0.5, 0.6) is 0 Å². The Hall–Kier alpha value is 0.0700. The molecule has 0 saturated carbocycles. The highest BCUT2D eigenvalue weighted by molar-refractivity contribution is 7.63. The third-order valence-electron chi connectivity index (χ3n) is 0.416. The maximum absolute atomic E-state index is 4.55. The third kappa shape index (κ3) is 0.767. The van der Waals surface area contributed by atoms with Crippen molar-refractivity contribution in [2.45, 2.75) is 6.17 Å². The van der Waals surface area contributed by atoms with Crippen LogP contribution in [-0.2, 0) is 16.1 Å². The summed E-state index contributed by atoms with van der Waals surface area (Å²) >= 11 is 0.637. The van der Waals surface area contributed by atoms with Crippen LogP contribution in [0, 0.1) is 6.92 Å². The Labute approximate surface area is 40.0 Å². The molecular weight excluding hydrogens is 100 g/mol. The molecule has 1 heterocycles. The maximum Gasteiger partial charge on any atom is 0.132 e.